The number of hydrogen-bond acceptors (Lipinski definition) is 3. The molecule has 1 aliphatic carbocycles. The van der Waals surface area contributed by atoms with Crippen molar-refractivity contribution in [2.75, 3.05) is 26.2 Å². The average molecular weight is 345 g/mol. The summed E-state index contributed by atoms with van der Waals surface area (Å²) in [7, 11) is 0. The molecular weight excluding hydrogens is 308 g/mol. The third-order valence-electron chi connectivity index (χ3n) is 6.06. The van der Waals surface area contributed by atoms with Crippen molar-refractivity contribution in [1.29, 1.82) is 0 Å². The quantitative estimate of drug-likeness (QED) is 0.809. The molecule has 1 aliphatic heterocycles. The lowest BCUT2D eigenvalue weighted by Gasteiger charge is -2.53. The van der Waals surface area contributed by atoms with E-state index in [1.54, 1.807) is 0 Å². The van der Waals surface area contributed by atoms with E-state index in [0.29, 0.717) is 17.0 Å². The number of nitrogens with one attached hydrogen (secondary N) is 1. The molecule has 0 radical (unpaired) electrons. The summed E-state index contributed by atoms with van der Waals surface area (Å²) < 4.78 is 6.00. The normalized spacial score (nSPS) is 24.5. The minimum atomic E-state index is 0.294. The molecular formula is C22H36N2O. The molecule has 25 heavy (non-hydrogen) atoms. The fourth-order valence-electron chi connectivity index (χ4n) is 4.60. The van der Waals surface area contributed by atoms with Gasteiger partial charge in [0.05, 0.1) is 13.2 Å². The zero-order chi connectivity index (χ0) is 17.8. The molecule has 140 valence electrons. The second kappa shape index (κ2) is 8.20. The van der Waals surface area contributed by atoms with Gasteiger partial charge in [-0.05, 0) is 23.8 Å². The number of benzene rings is 1. The van der Waals surface area contributed by atoms with Crippen LogP contribution in [-0.4, -0.2) is 42.7 Å². The zero-order valence-corrected chi connectivity index (χ0v) is 16.4. The van der Waals surface area contributed by atoms with Crippen LogP contribution in [0, 0.1) is 5.41 Å². The summed E-state index contributed by atoms with van der Waals surface area (Å²) in [5, 5.41) is 3.95. The second-order valence-electron chi connectivity index (χ2n) is 9.11. The van der Waals surface area contributed by atoms with E-state index in [4.69, 9.17) is 4.74 Å². The molecule has 1 saturated heterocycles. The van der Waals surface area contributed by atoms with Crippen molar-refractivity contribution in [3.63, 3.8) is 0 Å². The van der Waals surface area contributed by atoms with Crippen molar-refractivity contribution < 1.29 is 4.74 Å². The molecule has 3 heteroatoms. The van der Waals surface area contributed by atoms with Crippen LogP contribution in [-0.2, 0) is 11.3 Å². The van der Waals surface area contributed by atoms with Crippen LogP contribution in [0.15, 0.2) is 30.3 Å². The Labute approximate surface area is 154 Å². The predicted molar refractivity (Wildman–Crippen MR) is 105 cm³/mol. The van der Waals surface area contributed by atoms with Gasteiger partial charge in [0.15, 0.2) is 0 Å². The van der Waals surface area contributed by atoms with E-state index in [0.717, 1.165) is 26.3 Å². The van der Waals surface area contributed by atoms with Gasteiger partial charge in [0.1, 0.15) is 0 Å². The van der Waals surface area contributed by atoms with Crippen molar-refractivity contribution in [2.24, 2.45) is 5.41 Å². The van der Waals surface area contributed by atoms with Crippen molar-refractivity contribution in [3.05, 3.63) is 35.9 Å². The van der Waals surface area contributed by atoms with Crippen molar-refractivity contribution in [2.45, 2.75) is 71.1 Å². The first-order valence-electron chi connectivity index (χ1n) is 10.1. The highest BCUT2D eigenvalue weighted by atomic mass is 16.5. The van der Waals surface area contributed by atoms with E-state index in [-0.39, 0.29) is 0 Å². The molecule has 1 unspecified atom stereocenters. The fourth-order valence-corrected chi connectivity index (χ4v) is 4.60. The Balaban J connectivity index is 1.56. The van der Waals surface area contributed by atoms with Gasteiger partial charge in [-0.15, -0.1) is 0 Å². The molecule has 3 nitrogen and oxygen atoms in total. The van der Waals surface area contributed by atoms with Gasteiger partial charge in [0, 0.05) is 31.2 Å². The van der Waals surface area contributed by atoms with E-state index < -0.39 is 0 Å². The third-order valence-corrected chi connectivity index (χ3v) is 6.06. The minimum Gasteiger partial charge on any atom is -0.375 e. The van der Waals surface area contributed by atoms with Gasteiger partial charge < -0.3 is 10.1 Å². The van der Waals surface area contributed by atoms with Gasteiger partial charge in [-0.1, -0.05) is 70.4 Å². The monoisotopic (exact) mass is 344 g/mol. The Morgan fingerprint density at radius 3 is 2.52 bits per heavy atom. The molecule has 2 aliphatic rings. The summed E-state index contributed by atoms with van der Waals surface area (Å²) in [5.74, 6) is 0. The zero-order valence-electron chi connectivity index (χ0n) is 16.4. The smallest absolute Gasteiger partial charge is 0.0717 e. The Hall–Kier alpha value is -0.900. The van der Waals surface area contributed by atoms with Crippen LogP contribution in [0.5, 0.6) is 0 Å². The summed E-state index contributed by atoms with van der Waals surface area (Å²) >= 11 is 0. The molecule has 1 atom stereocenters. The van der Waals surface area contributed by atoms with Gasteiger partial charge in [0.25, 0.3) is 0 Å². The molecule has 1 aromatic rings. The molecule has 0 bridgehead atoms. The van der Waals surface area contributed by atoms with Crippen LogP contribution in [0.4, 0.5) is 0 Å². The highest BCUT2D eigenvalue weighted by molar-refractivity contribution is 5.13. The maximum Gasteiger partial charge on any atom is 0.0717 e. The minimum absolute atomic E-state index is 0.294. The number of hydrogen-bond donors (Lipinski definition) is 1. The molecule has 2 fully saturated rings. The Morgan fingerprint density at radius 1 is 1.12 bits per heavy atom. The first-order chi connectivity index (χ1) is 12.0. The topological polar surface area (TPSA) is 24.5 Å². The Kier molecular flexibility index (Phi) is 6.19. The molecule has 1 spiro atoms. The van der Waals surface area contributed by atoms with Gasteiger partial charge in [-0.3, -0.25) is 4.90 Å². The lowest BCUT2D eigenvalue weighted by atomic mass is 9.76. The summed E-state index contributed by atoms with van der Waals surface area (Å²) in [6.45, 7) is 12.0. The first kappa shape index (κ1) is 18.9. The van der Waals surface area contributed by atoms with E-state index in [1.165, 1.54) is 44.2 Å². The summed E-state index contributed by atoms with van der Waals surface area (Å²) in [6.07, 6.45) is 6.85. The molecule has 0 amide bonds. The van der Waals surface area contributed by atoms with E-state index in [2.05, 4.69) is 61.3 Å². The van der Waals surface area contributed by atoms with E-state index in [9.17, 15) is 0 Å². The first-order valence-corrected chi connectivity index (χ1v) is 10.1. The Bertz CT molecular complexity index is 517. The molecule has 1 aromatic carbocycles. The largest absolute Gasteiger partial charge is 0.375 e. The molecule has 1 heterocycles. The second-order valence-corrected chi connectivity index (χ2v) is 9.11. The number of piperazine rings is 1. The van der Waals surface area contributed by atoms with Crippen LogP contribution in [0.25, 0.3) is 0 Å². The number of ether oxygens (including phenoxy) is 1. The Morgan fingerprint density at radius 2 is 1.84 bits per heavy atom. The van der Waals surface area contributed by atoms with Gasteiger partial charge >= 0.3 is 0 Å². The number of rotatable bonds is 5. The third kappa shape index (κ3) is 5.06. The van der Waals surface area contributed by atoms with Gasteiger partial charge in [0.2, 0.25) is 0 Å². The number of nitrogens with zero attached hydrogens (tertiary/aromatic N) is 1. The van der Waals surface area contributed by atoms with Gasteiger partial charge in [-0.2, -0.15) is 0 Å². The summed E-state index contributed by atoms with van der Waals surface area (Å²) in [5.41, 5.74) is 1.92. The standard InChI is InChI=1S/C22H36N2O/c1-21(2,3)20-16-23-22(12-8-5-9-13-22)18-24(20)14-15-25-17-19-10-6-4-7-11-19/h4,6-7,10-11,20,23H,5,8-9,12-18H2,1-3H3. The maximum atomic E-state index is 6.00. The predicted octanol–water partition coefficient (Wildman–Crippen LogP) is 4.23. The molecule has 0 aromatic heterocycles. The summed E-state index contributed by atoms with van der Waals surface area (Å²) in [6, 6.07) is 11.1. The van der Waals surface area contributed by atoms with E-state index in [1.807, 2.05) is 0 Å². The van der Waals surface area contributed by atoms with Crippen LogP contribution in [0.3, 0.4) is 0 Å². The SMILES string of the molecule is CC(C)(C)C1CNC2(CCCCC2)CN1CCOCc1ccccc1. The molecule has 1 N–H and O–H groups in total. The van der Waals surface area contributed by atoms with Crippen molar-refractivity contribution in [1.82, 2.24) is 10.2 Å². The van der Waals surface area contributed by atoms with E-state index >= 15 is 0 Å². The fraction of sp³-hybridized carbons (Fsp3) is 0.727. The highest BCUT2D eigenvalue weighted by Crippen LogP contribution is 2.35. The molecule has 1 saturated carbocycles. The van der Waals surface area contributed by atoms with Crippen LogP contribution in [0.1, 0.15) is 58.4 Å². The average Bonchev–Trinajstić information content (AvgIpc) is 2.59. The lowest BCUT2D eigenvalue weighted by molar-refractivity contribution is -0.0117. The lowest BCUT2D eigenvalue weighted by Crippen LogP contribution is -2.67. The van der Waals surface area contributed by atoms with Crippen molar-refractivity contribution >= 4 is 0 Å². The summed E-state index contributed by atoms with van der Waals surface area (Å²) in [4.78, 5) is 2.72. The van der Waals surface area contributed by atoms with Crippen LogP contribution >= 0.6 is 0 Å². The van der Waals surface area contributed by atoms with Crippen LogP contribution in [0.2, 0.25) is 0 Å². The highest BCUT2D eigenvalue weighted by Gasteiger charge is 2.42. The van der Waals surface area contributed by atoms with Gasteiger partial charge in [-0.25, -0.2) is 0 Å². The maximum absolute atomic E-state index is 6.00. The molecule has 3 rings (SSSR count). The van der Waals surface area contributed by atoms with Crippen LogP contribution < -0.4 is 5.32 Å². The van der Waals surface area contributed by atoms with Crippen molar-refractivity contribution in [3.8, 4) is 0 Å².